The predicted molar refractivity (Wildman–Crippen MR) is 446 cm³/mol. The molecule has 0 amide bonds. The molecule has 0 radical (unpaired) electrons. The van der Waals surface area contributed by atoms with Crippen molar-refractivity contribution in [2.24, 2.45) is 21.7 Å². The zero-order valence-corrected chi connectivity index (χ0v) is 69.9. The Labute approximate surface area is 682 Å². The first-order valence-corrected chi connectivity index (χ1v) is 44.0. The number of nitro groups is 2. The van der Waals surface area contributed by atoms with E-state index < -0.39 is 24.1 Å². The quantitative estimate of drug-likeness (QED) is 0.0216. The van der Waals surface area contributed by atoms with Crippen LogP contribution in [0.1, 0.15) is 70.6 Å². The van der Waals surface area contributed by atoms with Gasteiger partial charge in [-0.05, 0) is 162 Å². The van der Waals surface area contributed by atoms with E-state index in [4.69, 9.17) is 90.3 Å². The maximum Gasteiger partial charge on any atom is 0.331 e. The Morgan fingerprint density at radius 3 is 1.31 bits per heavy atom. The Morgan fingerprint density at radius 2 is 0.860 bits per heavy atom. The third-order valence-electron chi connectivity index (χ3n) is 21.4. The van der Waals surface area contributed by atoms with Gasteiger partial charge in [-0.1, -0.05) is 71.9 Å². The van der Waals surface area contributed by atoms with Crippen LogP contribution in [0.2, 0.25) is 20.5 Å². The molecule has 3 atom stereocenters. The van der Waals surface area contributed by atoms with Crippen molar-refractivity contribution < 1.29 is 56.9 Å². The Balaban J connectivity index is 0.000000142. The lowest BCUT2D eigenvalue weighted by molar-refractivity contribution is -0.386. The Hall–Kier alpha value is -8.74. The highest BCUT2D eigenvalue weighted by Crippen LogP contribution is 2.47. The number of nitrogens with zero attached hydrogens (tertiary/aromatic N) is 13. The molecular weight excluding hydrogens is 1590 g/mol. The molecule has 2 aromatic carbocycles. The Bertz CT molecular complexity index is 4740. The zero-order valence-electron chi connectivity index (χ0n) is 65.1. The Kier molecular flexibility index (Phi) is 29.0. The fourth-order valence-electron chi connectivity index (χ4n) is 15.1. The molecule has 37 heteroatoms. The molecule has 8 fully saturated rings. The number of ether oxygens (including phenoxy) is 8. The third-order valence-corrected chi connectivity index (χ3v) is 25.4. The van der Waals surface area contributed by atoms with Crippen molar-refractivity contribution in [1.82, 2.24) is 39.9 Å². The maximum atomic E-state index is 12.7. The second kappa shape index (κ2) is 38.3. The van der Waals surface area contributed by atoms with E-state index in [1.807, 2.05) is 72.8 Å². The topological polar surface area (TPSA) is 369 Å². The second-order valence-corrected chi connectivity index (χ2v) is 38.0. The van der Waals surface area contributed by atoms with Gasteiger partial charge in [0.1, 0.15) is 52.6 Å². The average Bonchev–Trinajstić information content (AvgIpc) is 1.63. The van der Waals surface area contributed by atoms with Crippen molar-refractivity contribution in [2.75, 3.05) is 184 Å². The summed E-state index contributed by atoms with van der Waals surface area (Å²) in [6, 6.07) is 28.2. The summed E-state index contributed by atoms with van der Waals surface area (Å²) >= 11 is 23.6. The SMILES string of the molecule is C1CCC2(C1)CCOC2.COc1nc(Cl)ccc1[N+](=O)[O-].COc1nc(N2CCC3(CCOC3)C2)ccc1N.COc1nc(N2CCC3(CCOC3)C2)ccc1Nc1ncc(Cl)c(Nc2ccccc2P(C)(C)=O)n1.COc1nc(N2CCC3(CCOC3)C2)ccc1[N+](=O)[O-].CP(C)(=O)c1ccccc1Nc1nc(Cl)ncc1Cl. The number of nitrogens with one attached hydrogen (secondary N) is 3. The lowest BCUT2D eigenvalue weighted by atomic mass is 9.86. The molecule has 0 bridgehead atoms. The lowest BCUT2D eigenvalue weighted by Gasteiger charge is -2.23. The van der Waals surface area contributed by atoms with Crippen LogP contribution in [-0.2, 0) is 28.1 Å². The van der Waals surface area contributed by atoms with Gasteiger partial charge in [0, 0.05) is 105 Å². The molecule has 114 heavy (non-hydrogen) atoms. The monoisotopic (exact) mass is 1690 g/mol. The first-order chi connectivity index (χ1) is 54.6. The van der Waals surface area contributed by atoms with E-state index in [1.165, 1.54) is 83.3 Å². The number of benzene rings is 2. The molecule has 7 saturated heterocycles. The number of anilines is 10. The number of pyridine rings is 4. The zero-order chi connectivity index (χ0) is 81.4. The van der Waals surface area contributed by atoms with Crippen molar-refractivity contribution in [3.63, 3.8) is 0 Å². The number of para-hydroxylation sites is 2. The van der Waals surface area contributed by atoms with E-state index >= 15 is 0 Å². The highest BCUT2D eigenvalue weighted by atomic mass is 35.5. The number of hydrogen-bond donors (Lipinski definition) is 4. The molecule has 1 saturated carbocycles. The maximum absolute atomic E-state index is 12.7. The second-order valence-electron chi connectivity index (χ2n) is 30.1. The third kappa shape index (κ3) is 22.1. The number of aromatic nitrogens is 8. The summed E-state index contributed by atoms with van der Waals surface area (Å²) < 4.78 is 67.5. The van der Waals surface area contributed by atoms with Gasteiger partial charge in [-0.2, -0.15) is 29.9 Å². The number of hydrogen-bond acceptors (Lipinski definition) is 29. The summed E-state index contributed by atoms with van der Waals surface area (Å²) in [6.45, 7) is 19.8. The van der Waals surface area contributed by atoms with Crippen LogP contribution in [0, 0.1) is 41.9 Å². The van der Waals surface area contributed by atoms with Crippen molar-refractivity contribution in [1.29, 1.82) is 0 Å². The van der Waals surface area contributed by atoms with E-state index in [0.717, 1.165) is 152 Å². The first kappa shape index (κ1) is 86.1. The fourth-order valence-corrected chi connectivity index (χ4v) is 18.0. The number of nitrogen functional groups attached to an aromatic ring is 1. The van der Waals surface area contributed by atoms with Crippen molar-refractivity contribution in [3.8, 4) is 23.5 Å². The van der Waals surface area contributed by atoms with Crippen LogP contribution in [0.15, 0.2) is 109 Å². The van der Waals surface area contributed by atoms with Crippen molar-refractivity contribution >= 4 is 140 Å². The number of halogens is 4. The molecule has 4 spiro atoms. The number of methoxy groups -OCH3 is 4. The van der Waals surface area contributed by atoms with Gasteiger partial charge in [0.05, 0.1) is 94.2 Å². The number of rotatable bonds is 17. The highest BCUT2D eigenvalue weighted by molar-refractivity contribution is 7.70. The molecule has 8 aliphatic rings. The molecule has 7 aliphatic heterocycles. The average molecular weight is 1690 g/mol. The minimum absolute atomic E-state index is 0.0659. The van der Waals surface area contributed by atoms with Crippen molar-refractivity contribution in [2.45, 2.75) is 70.6 Å². The summed E-state index contributed by atoms with van der Waals surface area (Å²) in [7, 11) is 0.973. The van der Waals surface area contributed by atoms with Gasteiger partial charge in [0.2, 0.25) is 23.0 Å². The summed E-state index contributed by atoms with van der Waals surface area (Å²) in [5.41, 5.74) is 9.59. The van der Waals surface area contributed by atoms with Gasteiger partial charge >= 0.3 is 11.4 Å². The van der Waals surface area contributed by atoms with E-state index in [1.54, 1.807) is 46.9 Å². The minimum Gasteiger partial charge on any atom is -0.479 e. The van der Waals surface area contributed by atoms with Gasteiger partial charge in [-0.3, -0.25) is 20.2 Å². The van der Waals surface area contributed by atoms with Crippen LogP contribution in [0.5, 0.6) is 23.5 Å². The molecule has 612 valence electrons. The van der Waals surface area contributed by atoms with Crippen LogP contribution in [0.3, 0.4) is 0 Å². The van der Waals surface area contributed by atoms with Crippen LogP contribution < -0.4 is 65.9 Å². The molecule has 3 unspecified atom stereocenters. The van der Waals surface area contributed by atoms with Crippen LogP contribution in [-0.4, -0.2) is 197 Å². The first-order valence-electron chi connectivity index (χ1n) is 37.3. The smallest absolute Gasteiger partial charge is 0.331 e. The normalized spacial score (nSPS) is 20.3. The molecule has 5 N–H and O–H groups in total. The molecule has 6 aromatic heterocycles. The van der Waals surface area contributed by atoms with Crippen molar-refractivity contribution in [3.05, 3.63) is 150 Å². The molecule has 16 rings (SSSR count). The summed E-state index contributed by atoms with van der Waals surface area (Å²) in [4.78, 5) is 60.6. The largest absolute Gasteiger partial charge is 0.479 e. The standard InChI is InChI=1S/C25H30ClN6O3P.C13H17N3O4.C13H19N3O2.C12H12Cl2N3OP.C8H14O.C6H5ClN2O3/c1-34-23-19(8-9-21(30-23)32-12-10-25(15-32)11-13-35-16-25)29-24-27-14-17(26)22(31-24)28-18-6-4-5-7-20(18)36(2,3)33;1-19-12-10(16(17)18)2-3-11(14-12)15-6-4-13(8-15)5-7-20-9-13;1-17-12-10(14)2-3-11(15-12)16-6-4-13(8-16)5-7-18-9-13;1-19(2,18)10-6-4-3-5-9(10)16-11-8(13)7-15-12(14)17-11;1-2-4-8(3-1)5-6-9-7-8;1-12-6-4(9(10)11)2-3-5(7)8-6/h4-9,14H,10-13,15-16H2,1-3H3,(H2,27,28,29,31);2-3H,4-9H2,1H3;2-3H,4-9,14H2,1H3;3-7H,1-2H3,(H,15,16,17);1-7H2;2-3H,1H3. The molecule has 13 heterocycles. The van der Waals surface area contributed by atoms with Gasteiger partial charge in [0.15, 0.2) is 11.6 Å². The Morgan fingerprint density at radius 1 is 0.456 bits per heavy atom. The molecule has 31 nitrogen and oxygen atoms in total. The molecular formula is C77H97Cl4N17O14P2. The highest BCUT2D eigenvalue weighted by Gasteiger charge is 2.45. The molecule has 1 aliphatic carbocycles. The predicted octanol–water partition coefficient (Wildman–Crippen LogP) is 15.2. The molecule has 8 aromatic rings. The van der Waals surface area contributed by atoms with E-state index in [-0.39, 0.29) is 44.4 Å². The van der Waals surface area contributed by atoms with Gasteiger partial charge in [-0.15, -0.1) is 0 Å². The summed E-state index contributed by atoms with van der Waals surface area (Å²) in [5.74, 6) is 4.63. The number of nitrogens with two attached hydrogens (primary N) is 1. The summed E-state index contributed by atoms with van der Waals surface area (Å²) in [6.07, 6.45) is 16.8. The summed E-state index contributed by atoms with van der Waals surface area (Å²) in [5, 5.41) is 33.1. The van der Waals surface area contributed by atoms with Crippen LogP contribution in [0.25, 0.3) is 0 Å². The van der Waals surface area contributed by atoms with Crippen LogP contribution in [0.4, 0.5) is 69.2 Å². The van der Waals surface area contributed by atoms with E-state index in [0.29, 0.717) is 73.0 Å². The van der Waals surface area contributed by atoms with E-state index in [9.17, 15) is 29.4 Å². The van der Waals surface area contributed by atoms with Gasteiger partial charge in [-0.25, -0.2) is 9.97 Å². The van der Waals surface area contributed by atoms with E-state index in [2.05, 4.69) is 70.3 Å². The lowest BCUT2D eigenvalue weighted by Crippen LogP contribution is -2.27. The van der Waals surface area contributed by atoms with Gasteiger partial charge < -0.3 is 83.4 Å². The minimum atomic E-state index is -2.51. The fraction of sp³-hybridized carbons (Fsp3) is 0.481. The van der Waals surface area contributed by atoms with Gasteiger partial charge in [0.25, 0.3) is 11.8 Å². The van der Waals surface area contributed by atoms with Crippen LogP contribution >= 0.6 is 60.7 Å².